The molecule has 1 saturated heterocycles. The molecule has 0 bridgehead atoms. The lowest BCUT2D eigenvalue weighted by Gasteiger charge is -2.32. The molecular weight excluding hydrogens is 326 g/mol. The maximum Gasteiger partial charge on any atom is 0.316 e. The molecule has 0 radical (unpaired) electrons. The number of carbonyl (C=O) groups excluding carboxylic acids is 3. The van der Waals surface area contributed by atoms with E-state index < -0.39 is 23.3 Å². The van der Waals surface area contributed by atoms with Crippen molar-refractivity contribution in [2.75, 3.05) is 34.0 Å². The third-order valence-electron chi connectivity index (χ3n) is 4.31. The van der Waals surface area contributed by atoms with Crippen LogP contribution in [0.3, 0.4) is 0 Å². The molecule has 1 atom stereocenters. The Bertz CT molecular complexity index is 609. The Hall–Kier alpha value is -2.41. The summed E-state index contributed by atoms with van der Waals surface area (Å²) in [5.41, 5.74) is -0.00498. The molecule has 0 spiro atoms. The lowest BCUT2D eigenvalue weighted by atomic mass is 9.86. The second kappa shape index (κ2) is 8.62. The Morgan fingerprint density at radius 1 is 1.16 bits per heavy atom. The highest BCUT2D eigenvalue weighted by atomic mass is 16.5. The van der Waals surface area contributed by atoms with Crippen molar-refractivity contribution in [2.45, 2.75) is 19.4 Å². The third kappa shape index (κ3) is 4.79. The summed E-state index contributed by atoms with van der Waals surface area (Å²) in [6, 6.07) is 9.38. The van der Waals surface area contributed by atoms with Crippen LogP contribution in [0.5, 0.6) is 0 Å². The van der Waals surface area contributed by atoms with E-state index in [9.17, 15) is 14.4 Å². The number of hydrogen-bond acceptors (Lipinski definition) is 6. The van der Waals surface area contributed by atoms with Crippen LogP contribution >= 0.6 is 0 Å². The van der Waals surface area contributed by atoms with Gasteiger partial charge in [0.05, 0.1) is 20.8 Å². The van der Waals surface area contributed by atoms with E-state index in [1.54, 1.807) is 0 Å². The summed E-state index contributed by atoms with van der Waals surface area (Å²) in [4.78, 5) is 37.9. The van der Waals surface area contributed by atoms with Crippen LogP contribution in [0.4, 0.5) is 0 Å². The molecule has 1 amide bonds. The summed E-state index contributed by atoms with van der Waals surface area (Å²) in [7, 11) is 2.55. The van der Waals surface area contributed by atoms with E-state index in [-0.39, 0.29) is 26.1 Å². The van der Waals surface area contributed by atoms with Gasteiger partial charge >= 0.3 is 11.9 Å². The monoisotopic (exact) mass is 349 g/mol. The van der Waals surface area contributed by atoms with Gasteiger partial charge in [0, 0.05) is 19.7 Å². The Balaban J connectivity index is 2.22. The smallest absolute Gasteiger partial charge is 0.316 e. The molecule has 1 fully saturated rings. The Labute approximate surface area is 146 Å². The Morgan fingerprint density at radius 2 is 1.88 bits per heavy atom. The summed E-state index contributed by atoms with van der Waals surface area (Å²) in [5.74, 6) is -1.42. The SMILES string of the molecule is COC(=O)CC(=O)N(Cc1ccccc1)CC1(C(=O)OC)CCOC1. The van der Waals surface area contributed by atoms with Crippen molar-refractivity contribution in [3.05, 3.63) is 35.9 Å². The zero-order valence-corrected chi connectivity index (χ0v) is 14.5. The third-order valence-corrected chi connectivity index (χ3v) is 4.31. The van der Waals surface area contributed by atoms with Crippen molar-refractivity contribution >= 4 is 17.8 Å². The van der Waals surface area contributed by atoms with Crippen molar-refractivity contribution in [1.29, 1.82) is 0 Å². The van der Waals surface area contributed by atoms with Crippen molar-refractivity contribution in [3.63, 3.8) is 0 Å². The highest BCUT2D eigenvalue weighted by Crippen LogP contribution is 2.32. The maximum absolute atomic E-state index is 12.6. The first kappa shape index (κ1) is 18.9. The van der Waals surface area contributed by atoms with Crippen molar-refractivity contribution in [3.8, 4) is 0 Å². The van der Waals surface area contributed by atoms with Crippen LogP contribution in [0.15, 0.2) is 30.3 Å². The van der Waals surface area contributed by atoms with Gasteiger partial charge in [0.2, 0.25) is 5.91 Å². The lowest BCUT2D eigenvalue weighted by Crippen LogP contribution is -2.46. The van der Waals surface area contributed by atoms with Gasteiger partial charge in [-0.2, -0.15) is 0 Å². The van der Waals surface area contributed by atoms with Gasteiger partial charge in [0.25, 0.3) is 0 Å². The zero-order valence-electron chi connectivity index (χ0n) is 14.5. The fraction of sp³-hybridized carbons (Fsp3) is 0.500. The minimum Gasteiger partial charge on any atom is -0.469 e. The van der Waals surface area contributed by atoms with Crippen LogP contribution in [0.1, 0.15) is 18.4 Å². The Morgan fingerprint density at radius 3 is 2.44 bits per heavy atom. The minimum atomic E-state index is -0.907. The zero-order chi connectivity index (χ0) is 18.3. The molecule has 0 aliphatic carbocycles. The highest BCUT2D eigenvalue weighted by Gasteiger charge is 2.45. The van der Waals surface area contributed by atoms with E-state index in [4.69, 9.17) is 9.47 Å². The van der Waals surface area contributed by atoms with Crippen molar-refractivity contribution in [1.82, 2.24) is 4.90 Å². The number of esters is 2. The molecule has 1 heterocycles. The van der Waals surface area contributed by atoms with E-state index in [1.165, 1.54) is 19.1 Å². The standard InChI is InChI=1S/C18H23NO6/c1-23-16(21)10-15(20)19(11-14-6-4-3-5-7-14)12-18(17(22)24-2)8-9-25-13-18/h3-7H,8-13H2,1-2H3. The number of benzene rings is 1. The normalized spacial score (nSPS) is 19.3. The molecule has 25 heavy (non-hydrogen) atoms. The second-order valence-corrected chi connectivity index (χ2v) is 6.06. The van der Waals surface area contributed by atoms with Gasteiger partial charge in [-0.25, -0.2) is 0 Å². The summed E-state index contributed by atoms with van der Waals surface area (Å²) >= 11 is 0. The van der Waals surface area contributed by atoms with Gasteiger partial charge in [-0.1, -0.05) is 30.3 Å². The molecule has 7 heteroatoms. The maximum atomic E-state index is 12.6. The predicted octanol–water partition coefficient (Wildman–Crippen LogP) is 1.16. The van der Waals surface area contributed by atoms with Gasteiger partial charge in [-0.15, -0.1) is 0 Å². The number of carbonyl (C=O) groups is 3. The summed E-state index contributed by atoms with van der Waals surface area (Å²) in [6.07, 6.45) is 0.0951. The fourth-order valence-electron chi connectivity index (χ4n) is 2.88. The molecule has 0 aromatic heterocycles. The summed E-state index contributed by atoms with van der Waals surface area (Å²) in [5, 5.41) is 0. The predicted molar refractivity (Wildman–Crippen MR) is 88.4 cm³/mol. The number of nitrogens with zero attached hydrogens (tertiary/aromatic N) is 1. The second-order valence-electron chi connectivity index (χ2n) is 6.06. The van der Waals surface area contributed by atoms with Gasteiger partial charge < -0.3 is 19.1 Å². The molecule has 2 rings (SSSR count). The molecule has 0 N–H and O–H groups in total. The first-order chi connectivity index (χ1) is 12.0. The molecular formula is C18H23NO6. The minimum absolute atomic E-state index is 0.129. The van der Waals surface area contributed by atoms with Crippen LogP contribution in [0.2, 0.25) is 0 Å². The van der Waals surface area contributed by atoms with Crippen LogP contribution in [0.25, 0.3) is 0 Å². The Kier molecular flexibility index (Phi) is 6.52. The summed E-state index contributed by atoms with van der Waals surface area (Å²) < 4.78 is 14.9. The number of methoxy groups -OCH3 is 2. The van der Waals surface area contributed by atoms with Gasteiger partial charge in [-0.05, 0) is 12.0 Å². The first-order valence-corrected chi connectivity index (χ1v) is 8.05. The lowest BCUT2D eigenvalue weighted by molar-refractivity contribution is -0.156. The average Bonchev–Trinajstić information content (AvgIpc) is 3.11. The molecule has 1 aromatic rings. The van der Waals surface area contributed by atoms with E-state index in [1.807, 2.05) is 30.3 Å². The largest absolute Gasteiger partial charge is 0.469 e. The number of rotatable bonds is 7. The highest BCUT2D eigenvalue weighted by molar-refractivity contribution is 5.94. The molecule has 136 valence electrons. The van der Waals surface area contributed by atoms with E-state index in [0.717, 1.165) is 5.56 Å². The molecule has 0 saturated carbocycles. The van der Waals surface area contributed by atoms with Gasteiger partial charge in [-0.3, -0.25) is 14.4 Å². The molecule has 1 aliphatic rings. The van der Waals surface area contributed by atoms with E-state index in [2.05, 4.69) is 4.74 Å². The molecule has 1 aliphatic heterocycles. The molecule has 1 aromatic carbocycles. The van der Waals surface area contributed by atoms with Crippen LogP contribution in [0, 0.1) is 5.41 Å². The van der Waals surface area contributed by atoms with Gasteiger partial charge in [0.15, 0.2) is 0 Å². The van der Waals surface area contributed by atoms with E-state index in [0.29, 0.717) is 13.0 Å². The fourth-order valence-corrected chi connectivity index (χ4v) is 2.88. The van der Waals surface area contributed by atoms with Crippen LogP contribution in [-0.2, 0) is 35.1 Å². The summed E-state index contributed by atoms with van der Waals surface area (Å²) in [6.45, 7) is 1.04. The van der Waals surface area contributed by atoms with Crippen molar-refractivity contribution in [2.24, 2.45) is 5.41 Å². The quantitative estimate of drug-likeness (QED) is 0.543. The topological polar surface area (TPSA) is 82.1 Å². The van der Waals surface area contributed by atoms with Crippen molar-refractivity contribution < 1.29 is 28.6 Å². The average molecular weight is 349 g/mol. The van der Waals surface area contributed by atoms with E-state index >= 15 is 0 Å². The number of hydrogen-bond donors (Lipinski definition) is 0. The first-order valence-electron chi connectivity index (χ1n) is 8.05. The van der Waals surface area contributed by atoms with Crippen LogP contribution < -0.4 is 0 Å². The van der Waals surface area contributed by atoms with Crippen LogP contribution in [-0.4, -0.2) is 56.7 Å². The molecule has 7 nitrogen and oxygen atoms in total. The number of amides is 1. The molecule has 1 unspecified atom stereocenters. The number of ether oxygens (including phenoxy) is 3. The van der Waals surface area contributed by atoms with Gasteiger partial charge in [0.1, 0.15) is 11.8 Å².